The number of piperidine rings is 1. The number of nitrogens with zero attached hydrogens (tertiary/aromatic N) is 2. The molecule has 1 unspecified atom stereocenters. The third kappa shape index (κ3) is 2.03. The van der Waals surface area contributed by atoms with Gasteiger partial charge in [-0.05, 0) is 42.4 Å². The summed E-state index contributed by atoms with van der Waals surface area (Å²) in [6.07, 6.45) is 2.28. The van der Waals surface area contributed by atoms with Crippen molar-refractivity contribution in [3.63, 3.8) is 0 Å². The fraction of sp³-hybridized carbons (Fsp3) is 0.462. The molecule has 1 aromatic heterocycles. The minimum absolute atomic E-state index is 0.290. The first-order valence-electron chi connectivity index (χ1n) is 6.08. The van der Waals surface area contributed by atoms with Crippen LogP contribution in [-0.2, 0) is 0 Å². The molecule has 3 nitrogen and oxygen atoms in total. The van der Waals surface area contributed by atoms with Crippen LogP contribution in [-0.4, -0.2) is 29.2 Å². The van der Waals surface area contributed by atoms with Gasteiger partial charge in [0.05, 0.1) is 4.70 Å². The molecule has 90 valence electrons. The number of fused-ring (bicyclic) bond motifs is 1. The molecule has 1 atom stereocenters. The highest BCUT2D eigenvalue weighted by Gasteiger charge is 2.22. The van der Waals surface area contributed by atoms with E-state index in [1.54, 1.807) is 11.5 Å². The van der Waals surface area contributed by atoms with Gasteiger partial charge in [0.1, 0.15) is 5.82 Å². The summed E-state index contributed by atoms with van der Waals surface area (Å²) in [5.41, 5.74) is 0. The molecule has 1 aliphatic rings. The Bertz CT molecular complexity index is 511. The van der Waals surface area contributed by atoms with E-state index in [1.165, 1.54) is 10.1 Å². The van der Waals surface area contributed by atoms with Crippen molar-refractivity contribution in [3.8, 4) is 0 Å². The Kier molecular flexibility index (Phi) is 2.99. The van der Waals surface area contributed by atoms with Crippen molar-refractivity contribution in [1.29, 1.82) is 0 Å². The van der Waals surface area contributed by atoms with Gasteiger partial charge < -0.3 is 10.0 Å². The maximum Gasteiger partial charge on any atom is 0.150 e. The molecule has 1 aliphatic heterocycles. The molecule has 0 aliphatic carbocycles. The Morgan fingerprint density at radius 2 is 2.29 bits per heavy atom. The molecule has 2 aromatic rings. The zero-order valence-corrected chi connectivity index (χ0v) is 10.5. The van der Waals surface area contributed by atoms with Gasteiger partial charge in [0.2, 0.25) is 0 Å². The molecule has 1 N–H and O–H groups in total. The Balaban J connectivity index is 1.92. The predicted molar refractivity (Wildman–Crippen MR) is 71.6 cm³/mol. The van der Waals surface area contributed by atoms with Crippen molar-refractivity contribution >= 4 is 27.4 Å². The monoisotopic (exact) mass is 248 g/mol. The summed E-state index contributed by atoms with van der Waals surface area (Å²) in [6.45, 7) is 2.28. The van der Waals surface area contributed by atoms with Crippen LogP contribution in [0.1, 0.15) is 12.8 Å². The zero-order chi connectivity index (χ0) is 11.7. The number of anilines is 1. The summed E-state index contributed by atoms with van der Waals surface area (Å²) in [7, 11) is 0. The number of benzene rings is 1. The maximum absolute atomic E-state index is 9.28. The Morgan fingerprint density at radius 1 is 1.41 bits per heavy atom. The SMILES string of the molecule is OCC1CCCN(c2nsc3ccccc23)C1. The number of aromatic nitrogens is 1. The van der Waals surface area contributed by atoms with Crippen LogP contribution in [0.15, 0.2) is 24.3 Å². The minimum atomic E-state index is 0.290. The van der Waals surface area contributed by atoms with Gasteiger partial charge in [-0.3, -0.25) is 0 Å². The van der Waals surface area contributed by atoms with Crippen LogP contribution in [0.5, 0.6) is 0 Å². The molecule has 0 radical (unpaired) electrons. The third-order valence-electron chi connectivity index (χ3n) is 3.44. The first-order valence-corrected chi connectivity index (χ1v) is 6.86. The van der Waals surface area contributed by atoms with E-state index in [-0.39, 0.29) is 0 Å². The minimum Gasteiger partial charge on any atom is -0.396 e. The number of hydrogen-bond acceptors (Lipinski definition) is 4. The molecule has 1 saturated heterocycles. The van der Waals surface area contributed by atoms with Crippen LogP contribution in [0.2, 0.25) is 0 Å². The molecule has 1 aromatic carbocycles. The highest BCUT2D eigenvalue weighted by molar-refractivity contribution is 7.13. The van der Waals surface area contributed by atoms with Gasteiger partial charge in [0.25, 0.3) is 0 Å². The molecule has 0 amide bonds. The Morgan fingerprint density at radius 3 is 3.18 bits per heavy atom. The fourth-order valence-electron chi connectivity index (χ4n) is 2.51. The van der Waals surface area contributed by atoms with Gasteiger partial charge in [0, 0.05) is 25.1 Å². The molecule has 0 spiro atoms. The fourth-order valence-corrected chi connectivity index (χ4v) is 3.30. The van der Waals surface area contributed by atoms with Gasteiger partial charge in [-0.1, -0.05) is 12.1 Å². The first kappa shape index (κ1) is 11.0. The predicted octanol–water partition coefficient (Wildman–Crippen LogP) is 2.51. The van der Waals surface area contributed by atoms with Gasteiger partial charge >= 0.3 is 0 Å². The molecule has 1 fully saturated rings. The van der Waals surface area contributed by atoms with Crippen LogP contribution in [0, 0.1) is 5.92 Å². The van der Waals surface area contributed by atoms with Crippen LogP contribution in [0.4, 0.5) is 5.82 Å². The van der Waals surface area contributed by atoms with Crippen molar-refractivity contribution in [3.05, 3.63) is 24.3 Å². The molecule has 17 heavy (non-hydrogen) atoms. The number of aliphatic hydroxyl groups excluding tert-OH is 1. The molecule has 0 saturated carbocycles. The Labute approximate surface area is 105 Å². The summed E-state index contributed by atoms with van der Waals surface area (Å²) in [5.74, 6) is 1.51. The second-order valence-corrected chi connectivity index (χ2v) is 5.44. The van der Waals surface area contributed by atoms with Gasteiger partial charge in [-0.15, -0.1) is 0 Å². The van der Waals surface area contributed by atoms with Gasteiger partial charge in [-0.25, -0.2) is 0 Å². The lowest BCUT2D eigenvalue weighted by molar-refractivity contribution is 0.208. The molecule has 2 heterocycles. The van der Waals surface area contributed by atoms with E-state index in [0.29, 0.717) is 12.5 Å². The summed E-state index contributed by atoms with van der Waals surface area (Å²) in [5, 5.41) is 10.5. The smallest absolute Gasteiger partial charge is 0.150 e. The van der Waals surface area contributed by atoms with Crippen molar-refractivity contribution in [1.82, 2.24) is 4.37 Å². The van der Waals surface area contributed by atoms with Crippen molar-refractivity contribution < 1.29 is 5.11 Å². The third-order valence-corrected chi connectivity index (χ3v) is 4.25. The van der Waals surface area contributed by atoms with E-state index in [1.807, 2.05) is 0 Å². The van der Waals surface area contributed by atoms with Gasteiger partial charge in [-0.2, -0.15) is 4.37 Å². The lowest BCUT2D eigenvalue weighted by Crippen LogP contribution is -2.37. The van der Waals surface area contributed by atoms with E-state index < -0.39 is 0 Å². The quantitative estimate of drug-likeness (QED) is 0.887. The summed E-state index contributed by atoms with van der Waals surface area (Å²) < 4.78 is 5.82. The van der Waals surface area contributed by atoms with E-state index in [0.717, 1.165) is 31.7 Å². The van der Waals surface area contributed by atoms with E-state index in [4.69, 9.17) is 0 Å². The van der Waals surface area contributed by atoms with Crippen LogP contribution in [0.25, 0.3) is 10.1 Å². The lowest BCUT2D eigenvalue weighted by Gasteiger charge is -2.32. The average Bonchev–Trinajstić information content (AvgIpc) is 2.82. The van der Waals surface area contributed by atoms with Crippen molar-refractivity contribution in [2.75, 3.05) is 24.6 Å². The number of hydrogen-bond donors (Lipinski definition) is 1. The molecule has 0 bridgehead atoms. The zero-order valence-electron chi connectivity index (χ0n) is 9.67. The number of aliphatic hydroxyl groups is 1. The Hall–Kier alpha value is -1.13. The largest absolute Gasteiger partial charge is 0.396 e. The number of rotatable bonds is 2. The molecule has 3 rings (SSSR count). The molecule has 4 heteroatoms. The summed E-state index contributed by atoms with van der Waals surface area (Å²) >= 11 is 1.56. The topological polar surface area (TPSA) is 36.4 Å². The van der Waals surface area contributed by atoms with E-state index in [2.05, 4.69) is 33.5 Å². The summed E-state index contributed by atoms with van der Waals surface area (Å²) in [4.78, 5) is 2.32. The van der Waals surface area contributed by atoms with Crippen LogP contribution in [0.3, 0.4) is 0 Å². The highest BCUT2D eigenvalue weighted by Crippen LogP contribution is 2.31. The first-order chi connectivity index (χ1) is 8.38. The second kappa shape index (κ2) is 4.63. The van der Waals surface area contributed by atoms with E-state index in [9.17, 15) is 5.11 Å². The lowest BCUT2D eigenvalue weighted by atomic mass is 9.99. The normalized spacial score (nSPS) is 21.0. The molecular formula is C13H16N2OS. The van der Waals surface area contributed by atoms with Crippen LogP contribution >= 0.6 is 11.5 Å². The van der Waals surface area contributed by atoms with Crippen LogP contribution < -0.4 is 4.90 Å². The average molecular weight is 248 g/mol. The summed E-state index contributed by atoms with van der Waals surface area (Å²) in [6, 6.07) is 8.37. The second-order valence-electron chi connectivity index (χ2n) is 4.64. The molecular weight excluding hydrogens is 232 g/mol. The standard InChI is InChI=1S/C13H16N2OS/c16-9-10-4-3-7-15(8-10)13-11-5-1-2-6-12(11)17-14-13/h1-2,5-6,10,16H,3-4,7-9H2. The van der Waals surface area contributed by atoms with Crippen molar-refractivity contribution in [2.24, 2.45) is 5.92 Å². The maximum atomic E-state index is 9.28. The van der Waals surface area contributed by atoms with Gasteiger partial charge in [0.15, 0.2) is 0 Å². The van der Waals surface area contributed by atoms with Crippen molar-refractivity contribution in [2.45, 2.75) is 12.8 Å². The highest BCUT2D eigenvalue weighted by atomic mass is 32.1. The van der Waals surface area contributed by atoms with E-state index >= 15 is 0 Å².